The normalized spacial score (nSPS) is 16.7. The Morgan fingerprint density at radius 2 is 2.05 bits per heavy atom. The van der Waals surface area contributed by atoms with Crippen molar-refractivity contribution in [3.8, 4) is 5.75 Å². The fourth-order valence-electron chi connectivity index (χ4n) is 1.80. The van der Waals surface area contributed by atoms with Gasteiger partial charge in [0, 0.05) is 10.3 Å². The van der Waals surface area contributed by atoms with E-state index in [2.05, 4.69) is 5.10 Å². The lowest BCUT2D eigenvalue weighted by Gasteiger charge is -2.27. The van der Waals surface area contributed by atoms with Crippen LogP contribution in [0, 0.1) is 0 Å². The quantitative estimate of drug-likeness (QED) is 0.659. The van der Waals surface area contributed by atoms with E-state index in [-0.39, 0.29) is 5.75 Å². The molecule has 0 aliphatic carbocycles. The number of rotatable bonds is 3. The second-order valence-corrected chi connectivity index (χ2v) is 6.59. The molecule has 0 bridgehead atoms. The minimum absolute atomic E-state index is 0.234. The molecule has 0 fully saturated rings. The van der Waals surface area contributed by atoms with Gasteiger partial charge in [-0.3, -0.25) is 4.89 Å². The Hall–Kier alpha value is -1.60. The van der Waals surface area contributed by atoms with Gasteiger partial charge in [0.15, 0.2) is 0 Å². The minimum atomic E-state index is -4.29. The monoisotopic (exact) mass is 308 g/mol. The SMILES string of the molecule is O=P(O)(Oc1ccccc1)N1N=Cc2ccsc2B1O. The van der Waals surface area contributed by atoms with E-state index >= 15 is 0 Å². The molecule has 0 saturated heterocycles. The molecule has 0 saturated carbocycles. The van der Waals surface area contributed by atoms with E-state index in [0.29, 0.717) is 9.47 Å². The number of nitrogens with zero attached hydrogens (tertiary/aromatic N) is 2. The van der Waals surface area contributed by atoms with Crippen molar-refractivity contribution < 1.29 is 19.0 Å². The first-order chi connectivity index (χ1) is 9.58. The summed E-state index contributed by atoms with van der Waals surface area (Å²) >= 11 is 1.29. The van der Waals surface area contributed by atoms with E-state index in [0.717, 1.165) is 5.56 Å². The summed E-state index contributed by atoms with van der Waals surface area (Å²) in [5.74, 6) is 0.234. The van der Waals surface area contributed by atoms with E-state index in [4.69, 9.17) is 4.52 Å². The highest BCUT2D eigenvalue weighted by Crippen LogP contribution is 2.47. The first-order valence-electron chi connectivity index (χ1n) is 5.74. The Morgan fingerprint density at radius 1 is 1.30 bits per heavy atom. The summed E-state index contributed by atoms with van der Waals surface area (Å²) in [4.78, 5) is 10.0. The molecule has 20 heavy (non-hydrogen) atoms. The molecule has 1 aliphatic rings. The van der Waals surface area contributed by atoms with Crippen LogP contribution < -0.4 is 9.30 Å². The molecule has 1 atom stereocenters. The number of fused-ring (bicyclic) bond motifs is 1. The van der Waals surface area contributed by atoms with Crippen LogP contribution in [0.1, 0.15) is 5.56 Å². The number of thiophene rings is 1. The van der Waals surface area contributed by atoms with E-state index in [1.54, 1.807) is 41.8 Å². The first kappa shape index (κ1) is 13.4. The largest absolute Gasteiger partial charge is 0.492 e. The third-order valence-electron chi connectivity index (χ3n) is 2.72. The summed E-state index contributed by atoms with van der Waals surface area (Å²) in [5, 5.41) is 15.7. The molecule has 1 aromatic carbocycles. The fraction of sp³-hybridized carbons (Fsp3) is 0. The maximum Gasteiger partial charge on any atom is 0.492 e. The van der Waals surface area contributed by atoms with Crippen LogP contribution >= 0.6 is 19.1 Å². The molecular formula is C11H10BN2O4PS. The molecule has 1 unspecified atom stereocenters. The van der Waals surface area contributed by atoms with Gasteiger partial charge in [0.05, 0.1) is 6.21 Å². The summed E-state index contributed by atoms with van der Waals surface area (Å²) in [7, 11) is -5.58. The molecule has 0 radical (unpaired) electrons. The Balaban J connectivity index is 1.87. The zero-order valence-corrected chi connectivity index (χ0v) is 11.9. The van der Waals surface area contributed by atoms with Crippen LogP contribution in [0.3, 0.4) is 0 Å². The van der Waals surface area contributed by atoms with E-state index < -0.39 is 14.8 Å². The number of hydrazone groups is 1. The maximum absolute atomic E-state index is 12.3. The van der Waals surface area contributed by atoms with Gasteiger partial charge in [-0.15, -0.1) is 0 Å². The van der Waals surface area contributed by atoms with Crippen molar-refractivity contribution in [2.24, 2.45) is 5.10 Å². The molecule has 2 N–H and O–H groups in total. The number of benzene rings is 1. The molecule has 0 amide bonds. The fourth-order valence-corrected chi connectivity index (χ4v) is 3.77. The van der Waals surface area contributed by atoms with E-state index in [1.807, 2.05) is 0 Å². The highest BCUT2D eigenvalue weighted by Gasteiger charge is 2.43. The van der Waals surface area contributed by atoms with Gasteiger partial charge in [-0.05, 0) is 23.6 Å². The van der Waals surface area contributed by atoms with Crippen molar-refractivity contribution in [2.75, 3.05) is 0 Å². The summed E-state index contributed by atoms with van der Waals surface area (Å²) < 4.78 is 18.6. The Kier molecular flexibility index (Phi) is 3.39. The van der Waals surface area contributed by atoms with Crippen LogP contribution in [0.5, 0.6) is 5.75 Å². The van der Waals surface area contributed by atoms with Crippen LogP contribution in [0.4, 0.5) is 0 Å². The molecule has 6 nitrogen and oxygen atoms in total. The van der Waals surface area contributed by atoms with Gasteiger partial charge in [0.1, 0.15) is 5.75 Å². The predicted molar refractivity (Wildman–Crippen MR) is 78.3 cm³/mol. The average Bonchev–Trinajstić information content (AvgIpc) is 2.88. The van der Waals surface area contributed by atoms with Gasteiger partial charge in [0.25, 0.3) is 0 Å². The smallest absolute Gasteiger partial charge is 0.427 e. The van der Waals surface area contributed by atoms with Crippen LogP contribution in [0.15, 0.2) is 46.9 Å². The molecule has 2 heterocycles. The number of para-hydroxylation sites is 1. The van der Waals surface area contributed by atoms with E-state index in [1.165, 1.54) is 17.6 Å². The summed E-state index contributed by atoms with van der Waals surface area (Å²) in [6.45, 7) is 0. The molecule has 3 rings (SSSR count). The van der Waals surface area contributed by atoms with Crippen molar-refractivity contribution in [1.29, 1.82) is 0 Å². The van der Waals surface area contributed by atoms with Crippen LogP contribution in [0.25, 0.3) is 0 Å². The molecule has 1 aliphatic heterocycles. The Labute approximate surface area is 119 Å². The highest BCUT2D eigenvalue weighted by molar-refractivity contribution is 7.53. The lowest BCUT2D eigenvalue weighted by Crippen LogP contribution is -2.47. The molecule has 9 heteroatoms. The zero-order chi connectivity index (χ0) is 14.2. The van der Waals surface area contributed by atoms with Crippen LogP contribution in [-0.4, -0.2) is 27.9 Å². The van der Waals surface area contributed by atoms with Crippen molar-refractivity contribution >= 4 is 37.1 Å². The third-order valence-corrected chi connectivity index (χ3v) is 4.98. The minimum Gasteiger partial charge on any atom is -0.427 e. The van der Waals surface area contributed by atoms with Gasteiger partial charge >= 0.3 is 14.8 Å². The van der Waals surface area contributed by atoms with Crippen LogP contribution in [-0.2, 0) is 4.57 Å². The third kappa shape index (κ3) is 2.38. The van der Waals surface area contributed by atoms with Crippen LogP contribution in [0.2, 0.25) is 0 Å². The van der Waals surface area contributed by atoms with E-state index in [9.17, 15) is 14.5 Å². The van der Waals surface area contributed by atoms with Crippen molar-refractivity contribution in [3.63, 3.8) is 0 Å². The second kappa shape index (κ2) is 5.07. The van der Waals surface area contributed by atoms with Gasteiger partial charge < -0.3 is 9.55 Å². The van der Waals surface area contributed by atoms with Gasteiger partial charge in [0.2, 0.25) is 0 Å². The van der Waals surface area contributed by atoms with Gasteiger partial charge in [-0.1, -0.05) is 18.2 Å². The summed E-state index contributed by atoms with van der Waals surface area (Å²) in [5.41, 5.74) is 0.735. The lowest BCUT2D eigenvalue weighted by molar-refractivity contribution is 0.319. The number of hydrogen-bond acceptors (Lipinski definition) is 5. The number of hydrogen-bond donors (Lipinski definition) is 2. The standard InChI is InChI=1S/C11H10BN2O4PS/c15-12-11-9(6-7-20-11)8-13-14(12)19(16,17)18-10-4-2-1-3-5-10/h1-8,15H,(H,16,17). The summed E-state index contributed by atoms with van der Waals surface area (Å²) in [6.07, 6.45) is 1.43. The predicted octanol–water partition coefficient (Wildman–Crippen LogP) is 1.26. The molecule has 2 aromatic rings. The lowest BCUT2D eigenvalue weighted by atomic mass is 9.80. The topological polar surface area (TPSA) is 82.4 Å². The van der Waals surface area contributed by atoms with Crippen molar-refractivity contribution in [1.82, 2.24) is 4.69 Å². The Bertz CT molecular complexity index is 693. The van der Waals surface area contributed by atoms with Crippen molar-refractivity contribution in [2.45, 2.75) is 0 Å². The summed E-state index contributed by atoms with van der Waals surface area (Å²) in [6, 6.07) is 10.0. The molecule has 102 valence electrons. The Morgan fingerprint density at radius 3 is 2.80 bits per heavy atom. The first-order valence-corrected chi connectivity index (χ1v) is 8.15. The highest BCUT2D eigenvalue weighted by atomic mass is 32.1. The zero-order valence-electron chi connectivity index (χ0n) is 10.2. The van der Waals surface area contributed by atoms with Gasteiger partial charge in [-0.25, -0.2) is 9.26 Å². The van der Waals surface area contributed by atoms with Crippen molar-refractivity contribution in [3.05, 3.63) is 47.3 Å². The molecule has 0 spiro atoms. The maximum atomic E-state index is 12.3. The molecule has 1 aromatic heterocycles. The second-order valence-electron chi connectivity index (χ2n) is 4.07. The molecular weight excluding hydrogens is 298 g/mol. The average molecular weight is 308 g/mol. The van der Waals surface area contributed by atoms with Gasteiger partial charge in [-0.2, -0.15) is 16.4 Å².